The number of carbonyl (C=O) groups is 1. The summed E-state index contributed by atoms with van der Waals surface area (Å²) in [6.07, 6.45) is 0.210. The molecule has 0 saturated heterocycles. The molecule has 0 bridgehead atoms. The van der Waals surface area contributed by atoms with Crippen LogP contribution in [0.25, 0.3) is 0 Å². The van der Waals surface area contributed by atoms with Gasteiger partial charge in [-0.15, -0.1) is 0 Å². The van der Waals surface area contributed by atoms with Crippen molar-refractivity contribution >= 4 is 5.91 Å². The Labute approximate surface area is 135 Å². The molecule has 2 rings (SSSR count). The van der Waals surface area contributed by atoms with Gasteiger partial charge in [-0.2, -0.15) is 5.26 Å². The van der Waals surface area contributed by atoms with E-state index in [9.17, 15) is 9.90 Å². The van der Waals surface area contributed by atoms with Gasteiger partial charge in [0.05, 0.1) is 19.1 Å². The third kappa shape index (κ3) is 5.13. The van der Waals surface area contributed by atoms with Crippen molar-refractivity contribution in [3.05, 3.63) is 65.7 Å². The Morgan fingerprint density at radius 2 is 1.87 bits per heavy atom. The first-order chi connectivity index (χ1) is 11.2. The van der Waals surface area contributed by atoms with E-state index >= 15 is 0 Å². The van der Waals surface area contributed by atoms with Crippen LogP contribution in [0.15, 0.2) is 54.6 Å². The maximum absolute atomic E-state index is 12.1. The summed E-state index contributed by atoms with van der Waals surface area (Å²) < 4.78 is 5.16. The van der Waals surface area contributed by atoms with Gasteiger partial charge in [-0.1, -0.05) is 42.5 Å². The molecule has 0 aromatic heterocycles. The molecule has 5 heteroatoms. The van der Waals surface area contributed by atoms with Crippen LogP contribution in [0.1, 0.15) is 17.2 Å². The number of aliphatic hydroxyl groups is 1. The molecule has 2 aromatic carbocycles. The van der Waals surface area contributed by atoms with Gasteiger partial charge in [-0.25, -0.2) is 0 Å². The molecule has 1 unspecified atom stereocenters. The predicted molar refractivity (Wildman–Crippen MR) is 85.7 cm³/mol. The van der Waals surface area contributed by atoms with Crippen LogP contribution in [-0.4, -0.2) is 24.2 Å². The number of aliphatic hydroxyl groups excluding tert-OH is 1. The van der Waals surface area contributed by atoms with Gasteiger partial charge in [-0.3, -0.25) is 4.79 Å². The first kappa shape index (κ1) is 16.5. The molecule has 0 spiro atoms. The number of hydrogen-bond acceptors (Lipinski definition) is 4. The van der Waals surface area contributed by atoms with Gasteiger partial charge in [0, 0.05) is 0 Å². The molecule has 0 saturated carbocycles. The van der Waals surface area contributed by atoms with Gasteiger partial charge in [-0.05, 0) is 23.3 Å². The number of ether oxygens (including phenoxy) is 1. The standard InChI is InChI=1S/C18H18N2O3/c19-10-11-23-16-8-6-14(7-9-16)12-18(22)20-17(13-21)15-4-2-1-3-5-15/h1-9,17,21H,11-13H2,(H,20,22). The molecule has 0 heterocycles. The highest BCUT2D eigenvalue weighted by molar-refractivity contribution is 5.79. The second kappa shape index (κ2) is 8.57. The lowest BCUT2D eigenvalue weighted by molar-refractivity contribution is -0.121. The minimum Gasteiger partial charge on any atom is -0.479 e. The van der Waals surface area contributed by atoms with E-state index in [1.54, 1.807) is 24.3 Å². The van der Waals surface area contributed by atoms with Crippen LogP contribution >= 0.6 is 0 Å². The molecule has 2 N–H and O–H groups in total. The van der Waals surface area contributed by atoms with Gasteiger partial charge in [0.25, 0.3) is 0 Å². The zero-order chi connectivity index (χ0) is 16.5. The lowest BCUT2D eigenvalue weighted by Crippen LogP contribution is -2.31. The third-order valence-corrected chi connectivity index (χ3v) is 3.31. The Hall–Kier alpha value is -2.84. The van der Waals surface area contributed by atoms with Crippen LogP contribution in [0.2, 0.25) is 0 Å². The number of rotatable bonds is 7. The zero-order valence-electron chi connectivity index (χ0n) is 12.6. The fraction of sp³-hybridized carbons (Fsp3) is 0.222. The van der Waals surface area contributed by atoms with Crippen molar-refractivity contribution in [3.63, 3.8) is 0 Å². The Morgan fingerprint density at radius 3 is 2.48 bits per heavy atom. The van der Waals surface area contributed by atoms with Crippen molar-refractivity contribution in [1.29, 1.82) is 5.26 Å². The molecule has 23 heavy (non-hydrogen) atoms. The highest BCUT2D eigenvalue weighted by Gasteiger charge is 2.13. The van der Waals surface area contributed by atoms with Crippen molar-refractivity contribution in [2.75, 3.05) is 13.2 Å². The number of carbonyl (C=O) groups excluding carboxylic acids is 1. The van der Waals surface area contributed by atoms with Gasteiger partial charge in [0.1, 0.15) is 11.8 Å². The number of nitrogens with one attached hydrogen (secondary N) is 1. The van der Waals surface area contributed by atoms with Gasteiger partial charge in [0.2, 0.25) is 5.91 Å². The summed E-state index contributed by atoms with van der Waals surface area (Å²) in [7, 11) is 0. The summed E-state index contributed by atoms with van der Waals surface area (Å²) in [6.45, 7) is -0.161. The fourth-order valence-corrected chi connectivity index (χ4v) is 2.17. The Morgan fingerprint density at radius 1 is 1.17 bits per heavy atom. The van der Waals surface area contributed by atoms with Crippen molar-refractivity contribution in [3.8, 4) is 11.8 Å². The van der Waals surface area contributed by atoms with E-state index in [0.29, 0.717) is 5.75 Å². The second-order valence-electron chi connectivity index (χ2n) is 4.98. The summed E-state index contributed by atoms with van der Waals surface area (Å²) in [5.41, 5.74) is 1.69. The SMILES string of the molecule is N#CCOc1ccc(CC(=O)NC(CO)c2ccccc2)cc1. The summed E-state index contributed by atoms with van der Waals surface area (Å²) in [5, 5.41) is 20.7. The zero-order valence-corrected chi connectivity index (χ0v) is 12.6. The smallest absolute Gasteiger partial charge is 0.224 e. The van der Waals surface area contributed by atoms with Crippen LogP contribution in [0.3, 0.4) is 0 Å². The number of nitrogens with zero attached hydrogens (tertiary/aromatic N) is 1. The highest BCUT2D eigenvalue weighted by atomic mass is 16.5. The number of hydrogen-bond donors (Lipinski definition) is 2. The molecule has 5 nitrogen and oxygen atoms in total. The van der Waals surface area contributed by atoms with E-state index in [1.165, 1.54) is 0 Å². The Kier molecular flexibility index (Phi) is 6.16. The lowest BCUT2D eigenvalue weighted by atomic mass is 10.1. The Bertz CT molecular complexity index is 663. The first-order valence-electron chi connectivity index (χ1n) is 7.27. The van der Waals surface area contributed by atoms with Gasteiger partial charge >= 0.3 is 0 Å². The first-order valence-corrected chi connectivity index (χ1v) is 7.27. The number of nitriles is 1. The second-order valence-corrected chi connectivity index (χ2v) is 4.98. The summed E-state index contributed by atoms with van der Waals surface area (Å²) in [5.74, 6) is 0.423. The van der Waals surface area contributed by atoms with E-state index in [1.807, 2.05) is 36.4 Å². The van der Waals surface area contributed by atoms with Crippen molar-refractivity contribution in [2.45, 2.75) is 12.5 Å². The van der Waals surface area contributed by atoms with Crippen molar-refractivity contribution in [1.82, 2.24) is 5.32 Å². The van der Waals surface area contributed by atoms with Gasteiger partial charge < -0.3 is 15.2 Å². The average Bonchev–Trinajstić information content (AvgIpc) is 2.60. The fourth-order valence-electron chi connectivity index (χ4n) is 2.17. The van der Waals surface area contributed by atoms with Crippen molar-refractivity contribution < 1.29 is 14.6 Å². The summed E-state index contributed by atoms with van der Waals surface area (Å²) in [6, 6.07) is 17.8. The molecular formula is C18H18N2O3. The summed E-state index contributed by atoms with van der Waals surface area (Å²) >= 11 is 0. The molecule has 0 aliphatic rings. The monoisotopic (exact) mass is 310 g/mol. The summed E-state index contributed by atoms with van der Waals surface area (Å²) in [4.78, 5) is 12.1. The van der Waals surface area contributed by atoms with E-state index in [0.717, 1.165) is 11.1 Å². The maximum atomic E-state index is 12.1. The van der Waals surface area contributed by atoms with Crippen LogP contribution in [0.5, 0.6) is 5.75 Å². The molecule has 0 radical (unpaired) electrons. The quantitative estimate of drug-likeness (QED) is 0.819. The molecule has 2 aromatic rings. The molecular weight excluding hydrogens is 292 g/mol. The lowest BCUT2D eigenvalue weighted by Gasteiger charge is -2.16. The van der Waals surface area contributed by atoms with E-state index in [4.69, 9.17) is 10.00 Å². The minimum atomic E-state index is -0.415. The predicted octanol–water partition coefficient (Wildman–Crippen LogP) is 1.98. The van der Waals surface area contributed by atoms with Crippen molar-refractivity contribution in [2.24, 2.45) is 0 Å². The van der Waals surface area contributed by atoms with Crippen LogP contribution < -0.4 is 10.1 Å². The van der Waals surface area contributed by atoms with Gasteiger partial charge in [0.15, 0.2) is 6.61 Å². The maximum Gasteiger partial charge on any atom is 0.224 e. The third-order valence-electron chi connectivity index (χ3n) is 3.31. The van der Waals surface area contributed by atoms with Crippen LogP contribution in [0, 0.1) is 11.3 Å². The number of amides is 1. The molecule has 118 valence electrons. The minimum absolute atomic E-state index is 0.00487. The molecule has 1 atom stereocenters. The normalized spacial score (nSPS) is 11.3. The molecule has 0 aliphatic carbocycles. The number of benzene rings is 2. The van der Waals surface area contributed by atoms with E-state index in [-0.39, 0.29) is 25.5 Å². The van der Waals surface area contributed by atoms with Crippen LogP contribution in [-0.2, 0) is 11.2 Å². The molecule has 0 aliphatic heterocycles. The topological polar surface area (TPSA) is 82.3 Å². The largest absolute Gasteiger partial charge is 0.479 e. The van der Waals surface area contributed by atoms with Crippen LogP contribution in [0.4, 0.5) is 0 Å². The Balaban J connectivity index is 1.92. The molecule has 1 amide bonds. The molecule has 0 fully saturated rings. The van der Waals surface area contributed by atoms with E-state index in [2.05, 4.69) is 5.32 Å². The highest BCUT2D eigenvalue weighted by Crippen LogP contribution is 2.14. The van der Waals surface area contributed by atoms with E-state index < -0.39 is 6.04 Å². The average molecular weight is 310 g/mol.